The number of methoxy groups -OCH3 is 1. The van der Waals surface area contributed by atoms with Crippen molar-refractivity contribution in [3.63, 3.8) is 0 Å². The van der Waals surface area contributed by atoms with Gasteiger partial charge in [0.25, 0.3) is 0 Å². The molecule has 0 saturated carbocycles. The summed E-state index contributed by atoms with van der Waals surface area (Å²) in [5.41, 5.74) is -0.307. The Kier molecular flexibility index (Phi) is 5.38. The van der Waals surface area contributed by atoms with Gasteiger partial charge < -0.3 is 9.84 Å². The van der Waals surface area contributed by atoms with Crippen molar-refractivity contribution in [1.29, 1.82) is 0 Å². The summed E-state index contributed by atoms with van der Waals surface area (Å²) in [7, 11) is -1.40. The Morgan fingerprint density at radius 3 is 2.63 bits per heavy atom. The molecule has 1 unspecified atom stereocenters. The van der Waals surface area contributed by atoms with Gasteiger partial charge in [-0.3, -0.25) is 0 Å². The first-order chi connectivity index (χ1) is 8.80. The van der Waals surface area contributed by atoms with E-state index >= 15 is 0 Å². The lowest BCUT2D eigenvalue weighted by Crippen LogP contribution is -2.22. The van der Waals surface area contributed by atoms with Crippen LogP contribution in [0.25, 0.3) is 0 Å². The smallest absolute Gasteiger partial charge is 0.150 e. The average Bonchev–Trinajstić information content (AvgIpc) is 2.38. The van der Waals surface area contributed by atoms with E-state index in [2.05, 4.69) is 0 Å². The molecule has 0 saturated heterocycles. The topological polar surface area (TPSA) is 63.6 Å². The van der Waals surface area contributed by atoms with Crippen molar-refractivity contribution in [1.82, 2.24) is 0 Å². The van der Waals surface area contributed by atoms with Crippen LogP contribution in [0, 0.1) is 0 Å². The fourth-order valence-corrected chi connectivity index (χ4v) is 2.76. The third-order valence-electron chi connectivity index (χ3n) is 3.25. The van der Waals surface area contributed by atoms with Crippen LogP contribution < -0.4 is 4.74 Å². The van der Waals surface area contributed by atoms with Crippen LogP contribution in [0.15, 0.2) is 24.3 Å². The maximum Gasteiger partial charge on any atom is 0.150 e. The molecule has 108 valence electrons. The normalized spacial score (nSPS) is 14.9. The summed E-state index contributed by atoms with van der Waals surface area (Å²) in [5, 5.41) is 10.4. The van der Waals surface area contributed by atoms with E-state index in [1.807, 2.05) is 12.1 Å². The number of hydrogen-bond acceptors (Lipinski definition) is 4. The predicted octanol–water partition coefficient (Wildman–Crippen LogP) is 2.12. The SMILES string of the molecule is CCS(=O)(=O)CCCC(C)(O)c1cccc(OC)c1. The largest absolute Gasteiger partial charge is 0.497 e. The molecule has 1 aromatic rings. The lowest BCUT2D eigenvalue weighted by molar-refractivity contribution is 0.0470. The lowest BCUT2D eigenvalue weighted by atomic mass is 9.91. The second-order valence-electron chi connectivity index (χ2n) is 4.85. The zero-order chi connectivity index (χ0) is 14.5. The molecule has 4 nitrogen and oxygen atoms in total. The van der Waals surface area contributed by atoms with Gasteiger partial charge in [-0.05, 0) is 37.5 Å². The molecule has 0 bridgehead atoms. The summed E-state index contributed by atoms with van der Waals surface area (Å²) in [6.45, 7) is 3.33. The maximum absolute atomic E-state index is 11.4. The summed E-state index contributed by atoms with van der Waals surface area (Å²) in [6, 6.07) is 7.21. The fraction of sp³-hybridized carbons (Fsp3) is 0.571. The number of rotatable bonds is 7. The maximum atomic E-state index is 11.4. The van der Waals surface area contributed by atoms with Crippen molar-refractivity contribution < 1.29 is 18.3 Å². The highest BCUT2D eigenvalue weighted by Gasteiger charge is 2.24. The lowest BCUT2D eigenvalue weighted by Gasteiger charge is -2.24. The van der Waals surface area contributed by atoms with Gasteiger partial charge in [0, 0.05) is 5.75 Å². The van der Waals surface area contributed by atoms with Crippen molar-refractivity contribution >= 4 is 9.84 Å². The Hall–Kier alpha value is -1.07. The van der Waals surface area contributed by atoms with Gasteiger partial charge in [-0.1, -0.05) is 19.1 Å². The predicted molar refractivity (Wildman–Crippen MR) is 76.1 cm³/mol. The zero-order valence-corrected chi connectivity index (χ0v) is 12.5. The molecule has 1 N–H and O–H groups in total. The summed E-state index contributed by atoms with van der Waals surface area (Å²) in [6.07, 6.45) is 0.847. The van der Waals surface area contributed by atoms with E-state index in [4.69, 9.17) is 4.74 Å². The molecule has 0 fully saturated rings. The van der Waals surface area contributed by atoms with E-state index in [9.17, 15) is 13.5 Å². The van der Waals surface area contributed by atoms with Crippen LogP contribution in [0.1, 0.15) is 32.3 Å². The zero-order valence-electron chi connectivity index (χ0n) is 11.7. The van der Waals surface area contributed by atoms with Crippen LogP contribution in [-0.2, 0) is 15.4 Å². The number of ether oxygens (including phenoxy) is 1. The number of aliphatic hydroxyl groups is 1. The molecule has 1 rings (SSSR count). The molecular weight excluding hydrogens is 264 g/mol. The van der Waals surface area contributed by atoms with Gasteiger partial charge in [0.05, 0.1) is 18.5 Å². The molecule has 0 aromatic heterocycles. The van der Waals surface area contributed by atoms with Crippen molar-refractivity contribution in [2.24, 2.45) is 0 Å². The molecule has 0 spiro atoms. The first-order valence-corrected chi connectivity index (χ1v) is 8.20. The third kappa shape index (κ3) is 4.84. The van der Waals surface area contributed by atoms with Crippen LogP contribution in [-0.4, -0.2) is 32.1 Å². The molecule has 5 heteroatoms. The minimum atomic E-state index is -2.97. The minimum Gasteiger partial charge on any atom is -0.497 e. The van der Waals surface area contributed by atoms with Crippen molar-refractivity contribution in [2.45, 2.75) is 32.3 Å². The molecule has 19 heavy (non-hydrogen) atoms. The second kappa shape index (κ2) is 6.39. The van der Waals surface area contributed by atoms with Crippen LogP contribution in [0.3, 0.4) is 0 Å². The van der Waals surface area contributed by atoms with E-state index in [0.717, 1.165) is 5.56 Å². The van der Waals surface area contributed by atoms with Gasteiger partial charge in [-0.2, -0.15) is 0 Å². The van der Waals surface area contributed by atoms with Gasteiger partial charge in [0.2, 0.25) is 0 Å². The van der Waals surface area contributed by atoms with Gasteiger partial charge in [-0.15, -0.1) is 0 Å². The van der Waals surface area contributed by atoms with Gasteiger partial charge in [0.1, 0.15) is 15.6 Å². The highest BCUT2D eigenvalue weighted by molar-refractivity contribution is 7.91. The van der Waals surface area contributed by atoms with E-state index in [-0.39, 0.29) is 11.5 Å². The Morgan fingerprint density at radius 1 is 1.37 bits per heavy atom. The second-order valence-corrected chi connectivity index (χ2v) is 7.32. The van der Waals surface area contributed by atoms with E-state index < -0.39 is 15.4 Å². The van der Waals surface area contributed by atoms with Crippen molar-refractivity contribution in [3.8, 4) is 5.75 Å². The fourth-order valence-electron chi connectivity index (χ4n) is 1.88. The van der Waals surface area contributed by atoms with Gasteiger partial charge >= 0.3 is 0 Å². The number of benzene rings is 1. The highest BCUT2D eigenvalue weighted by Crippen LogP contribution is 2.28. The number of sulfone groups is 1. The van der Waals surface area contributed by atoms with Crippen molar-refractivity contribution in [3.05, 3.63) is 29.8 Å². The molecule has 0 aliphatic heterocycles. The van der Waals surface area contributed by atoms with Gasteiger partial charge in [0.15, 0.2) is 0 Å². The standard InChI is InChI=1S/C14H22O4S/c1-4-19(16,17)10-6-9-14(2,15)12-7-5-8-13(11-12)18-3/h5,7-8,11,15H,4,6,9-10H2,1-3H3. The van der Waals surface area contributed by atoms with E-state index in [1.165, 1.54) is 0 Å². The van der Waals surface area contributed by atoms with Crippen LogP contribution in [0.2, 0.25) is 0 Å². The third-order valence-corrected chi connectivity index (χ3v) is 5.04. The van der Waals surface area contributed by atoms with Crippen LogP contribution in [0.5, 0.6) is 5.75 Å². The monoisotopic (exact) mass is 286 g/mol. The molecule has 0 aliphatic rings. The summed E-state index contributed by atoms with van der Waals surface area (Å²) in [4.78, 5) is 0. The highest BCUT2D eigenvalue weighted by atomic mass is 32.2. The molecule has 1 atom stereocenters. The molecule has 1 aromatic carbocycles. The van der Waals surface area contributed by atoms with E-state index in [0.29, 0.717) is 18.6 Å². The molecular formula is C14H22O4S. The molecule has 0 amide bonds. The quantitative estimate of drug-likeness (QED) is 0.834. The Bertz CT molecular complexity index is 506. The van der Waals surface area contributed by atoms with Gasteiger partial charge in [-0.25, -0.2) is 8.42 Å². The van der Waals surface area contributed by atoms with Crippen LogP contribution >= 0.6 is 0 Å². The van der Waals surface area contributed by atoms with E-state index in [1.54, 1.807) is 33.1 Å². The Labute approximate surface area is 115 Å². The Balaban J connectivity index is 2.70. The van der Waals surface area contributed by atoms with Crippen molar-refractivity contribution in [2.75, 3.05) is 18.6 Å². The van der Waals surface area contributed by atoms with Crippen LogP contribution in [0.4, 0.5) is 0 Å². The minimum absolute atomic E-state index is 0.115. The average molecular weight is 286 g/mol. The summed E-state index contributed by atoms with van der Waals surface area (Å²) >= 11 is 0. The molecule has 0 aliphatic carbocycles. The Morgan fingerprint density at radius 2 is 2.05 bits per heavy atom. The first kappa shape index (κ1) is 16.0. The summed E-state index contributed by atoms with van der Waals surface area (Å²) < 4.78 is 28.0. The summed E-state index contributed by atoms with van der Waals surface area (Å²) in [5.74, 6) is 0.941. The molecule has 0 radical (unpaired) electrons. The molecule has 0 heterocycles. The number of hydrogen-bond donors (Lipinski definition) is 1. The first-order valence-electron chi connectivity index (χ1n) is 6.38.